The zero-order valence-electron chi connectivity index (χ0n) is 18.8. The summed E-state index contributed by atoms with van der Waals surface area (Å²) >= 11 is 0. The molecule has 0 saturated heterocycles. The van der Waals surface area contributed by atoms with E-state index in [2.05, 4.69) is 0 Å². The van der Waals surface area contributed by atoms with Gasteiger partial charge in [0, 0.05) is 0 Å². The van der Waals surface area contributed by atoms with Gasteiger partial charge in [-0.2, -0.15) is 0 Å². The lowest BCUT2D eigenvalue weighted by Gasteiger charge is -2.31. The number of hydrogen-bond acceptors (Lipinski definition) is 5. The highest BCUT2D eigenvalue weighted by atomic mass is 32.2. The van der Waals surface area contributed by atoms with Crippen molar-refractivity contribution in [1.29, 1.82) is 0 Å². The quantitative estimate of drug-likeness (QED) is 0.384. The van der Waals surface area contributed by atoms with Gasteiger partial charge < -0.3 is 9.05 Å². The van der Waals surface area contributed by atoms with E-state index < -0.39 is 17.6 Å². The highest BCUT2D eigenvalue weighted by molar-refractivity contribution is 7.89. The first-order chi connectivity index (χ1) is 14.6. The molecule has 0 bridgehead atoms. The molecule has 170 valence electrons. The maximum absolute atomic E-state index is 13.8. The van der Waals surface area contributed by atoms with E-state index in [1.807, 2.05) is 51.1 Å². The van der Waals surface area contributed by atoms with Gasteiger partial charge in [0.05, 0.1) is 24.7 Å². The van der Waals surface area contributed by atoms with Gasteiger partial charge in [0.2, 0.25) is 0 Å². The molecule has 0 saturated carbocycles. The molecule has 0 amide bonds. The fourth-order valence-electron chi connectivity index (χ4n) is 2.99. The summed E-state index contributed by atoms with van der Waals surface area (Å²) in [7, 11) is -7.94. The molecular formula is C23H32NO5PS. The second-order valence-electron chi connectivity index (χ2n) is 7.41. The Labute approximate surface area is 186 Å². The maximum atomic E-state index is 13.8. The normalized spacial score (nSPS) is 12.9. The third-order valence-corrected chi connectivity index (χ3v) is 8.45. The first-order valence-corrected chi connectivity index (χ1v) is 13.4. The summed E-state index contributed by atoms with van der Waals surface area (Å²) in [5.41, 5.74) is 1.74. The van der Waals surface area contributed by atoms with E-state index in [0.29, 0.717) is 0 Å². The van der Waals surface area contributed by atoms with Crippen LogP contribution in [0.25, 0.3) is 0 Å². The highest BCUT2D eigenvalue weighted by Crippen LogP contribution is 2.58. The standard InChI is InChI=1S/C23H32NO5PS/c1-6-28-30(25,29-7-2)23(17-19(3)4)24(18-21-11-9-8-10-12-21)31(26,27)22-15-13-20(5)14-16-22/h8-17,19H,6-7,18H2,1-5H3/b23-17-. The van der Waals surface area contributed by atoms with Crippen molar-refractivity contribution in [3.05, 3.63) is 77.2 Å². The van der Waals surface area contributed by atoms with E-state index in [-0.39, 0.29) is 36.0 Å². The Morgan fingerprint density at radius 2 is 1.55 bits per heavy atom. The summed E-state index contributed by atoms with van der Waals surface area (Å²) in [5, 5.41) is 0. The zero-order chi connectivity index (χ0) is 23.1. The molecule has 2 rings (SSSR count). The van der Waals surface area contributed by atoms with Gasteiger partial charge in [0.1, 0.15) is 5.44 Å². The molecule has 0 aliphatic carbocycles. The number of sulfonamides is 1. The average molecular weight is 466 g/mol. The van der Waals surface area contributed by atoms with Crippen LogP contribution in [0.1, 0.15) is 38.8 Å². The minimum absolute atomic E-state index is 0.000256. The Kier molecular flexibility index (Phi) is 9.07. The number of rotatable bonds is 11. The summed E-state index contributed by atoms with van der Waals surface area (Å²) in [4.78, 5) is 0.114. The van der Waals surface area contributed by atoms with Gasteiger partial charge in [0.25, 0.3) is 10.0 Å². The summed E-state index contributed by atoms with van der Waals surface area (Å²) in [6.45, 7) is 9.32. The lowest BCUT2D eigenvalue weighted by molar-refractivity contribution is 0.219. The lowest BCUT2D eigenvalue weighted by atomic mass is 10.2. The molecule has 2 aromatic rings. The van der Waals surface area contributed by atoms with Crippen molar-refractivity contribution < 1.29 is 22.0 Å². The van der Waals surface area contributed by atoms with Gasteiger partial charge >= 0.3 is 7.60 Å². The summed E-state index contributed by atoms with van der Waals surface area (Å²) < 4.78 is 53.6. The van der Waals surface area contributed by atoms with E-state index in [1.165, 1.54) is 4.31 Å². The largest absolute Gasteiger partial charge is 0.377 e. The molecule has 31 heavy (non-hydrogen) atoms. The van der Waals surface area contributed by atoms with E-state index in [1.54, 1.807) is 44.2 Å². The van der Waals surface area contributed by atoms with Gasteiger partial charge in [-0.05, 0) is 50.5 Å². The molecule has 0 N–H and O–H groups in total. The van der Waals surface area contributed by atoms with Crippen molar-refractivity contribution >= 4 is 17.6 Å². The first kappa shape index (κ1) is 25.3. The molecule has 0 unspecified atom stereocenters. The first-order valence-electron chi connectivity index (χ1n) is 10.4. The predicted octanol–water partition coefficient (Wildman–Crippen LogP) is 5.95. The van der Waals surface area contributed by atoms with Crippen molar-refractivity contribution in [2.45, 2.75) is 46.1 Å². The third-order valence-electron chi connectivity index (χ3n) is 4.39. The third kappa shape index (κ3) is 6.53. The second-order valence-corrected chi connectivity index (χ2v) is 11.2. The summed E-state index contributed by atoms with van der Waals surface area (Å²) in [6.07, 6.45) is 1.65. The summed E-state index contributed by atoms with van der Waals surface area (Å²) in [6, 6.07) is 15.8. The monoisotopic (exact) mass is 465 g/mol. The van der Waals surface area contributed by atoms with Gasteiger partial charge in [0.15, 0.2) is 0 Å². The number of hydrogen-bond donors (Lipinski definition) is 0. The Hall–Kier alpha value is -1.92. The SMILES string of the molecule is CCOP(=O)(OCC)/C(=C\C(C)C)N(Cc1ccccc1)S(=O)(=O)c1ccc(C)cc1. The molecule has 6 nitrogen and oxygen atoms in total. The van der Waals surface area contributed by atoms with Crippen LogP contribution < -0.4 is 0 Å². The molecular weight excluding hydrogens is 433 g/mol. The van der Waals surface area contributed by atoms with Crippen molar-refractivity contribution in [1.82, 2.24) is 4.31 Å². The summed E-state index contributed by atoms with van der Waals surface area (Å²) in [5.74, 6) is -0.0873. The van der Waals surface area contributed by atoms with Crippen LogP contribution in [0.3, 0.4) is 0 Å². The van der Waals surface area contributed by atoms with E-state index >= 15 is 0 Å². The fraction of sp³-hybridized carbons (Fsp3) is 0.391. The number of aryl methyl sites for hydroxylation is 1. The van der Waals surface area contributed by atoms with E-state index in [0.717, 1.165) is 11.1 Å². The molecule has 2 aromatic carbocycles. The van der Waals surface area contributed by atoms with Gasteiger partial charge in [-0.3, -0.25) is 8.87 Å². The molecule has 0 spiro atoms. The van der Waals surface area contributed by atoms with Crippen LogP contribution in [0, 0.1) is 12.8 Å². The van der Waals surface area contributed by atoms with Crippen LogP contribution in [0.15, 0.2) is 71.0 Å². The number of nitrogens with zero attached hydrogens (tertiary/aromatic N) is 1. The zero-order valence-corrected chi connectivity index (χ0v) is 20.5. The Morgan fingerprint density at radius 1 is 1.00 bits per heavy atom. The van der Waals surface area contributed by atoms with Gasteiger partial charge in [-0.1, -0.05) is 61.9 Å². The minimum atomic E-state index is -4.05. The van der Waals surface area contributed by atoms with E-state index in [9.17, 15) is 13.0 Å². The van der Waals surface area contributed by atoms with Crippen LogP contribution in [0.5, 0.6) is 0 Å². The highest BCUT2D eigenvalue weighted by Gasteiger charge is 2.40. The van der Waals surface area contributed by atoms with Crippen LogP contribution >= 0.6 is 7.60 Å². The van der Waals surface area contributed by atoms with Gasteiger partial charge in [-0.15, -0.1) is 0 Å². The second kappa shape index (κ2) is 11.1. The lowest BCUT2D eigenvalue weighted by Crippen LogP contribution is -2.31. The van der Waals surface area contributed by atoms with Gasteiger partial charge in [-0.25, -0.2) is 8.42 Å². The van der Waals surface area contributed by atoms with Crippen molar-refractivity contribution in [2.24, 2.45) is 5.92 Å². The molecule has 0 heterocycles. The Bertz CT molecular complexity index is 1010. The topological polar surface area (TPSA) is 72.9 Å². The van der Waals surface area contributed by atoms with E-state index in [4.69, 9.17) is 9.05 Å². The smallest absolute Gasteiger partial charge is 0.304 e. The minimum Gasteiger partial charge on any atom is -0.304 e. The van der Waals surface area contributed by atoms with Crippen LogP contribution in [0.4, 0.5) is 0 Å². The number of allylic oxidation sites excluding steroid dienone is 1. The molecule has 0 aromatic heterocycles. The Morgan fingerprint density at radius 3 is 2.03 bits per heavy atom. The fourth-order valence-corrected chi connectivity index (χ4v) is 6.82. The molecule has 0 aliphatic heterocycles. The molecule has 0 atom stereocenters. The van der Waals surface area contributed by atoms with Crippen molar-refractivity contribution in [2.75, 3.05) is 13.2 Å². The van der Waals surface area contributed by atoms with Crippen molar-refractivity contribution in [3.63, 3.8) is 0 Å². The molecule has 8 heteroatoms. The molecule has 0 fully saturated rings. The Balaban J connectivity index is 2.73. The van der Waals surface area contributed by atoms with Crippen molar-refractivity contribution in [3.8, 4) is 0 Å². The molecule has 0 radical (unpaired) electrons. The average Bonchev–Trinajstić information content (AvgIpc) is 2.71. The van der Waals surface area contributed by atoms with Crippen LogP contribution in [0.2, 0.25) is 0 Å². The predicted molar refractivity (Wildman–Crippen MR) is 124 cm³/mol. The van der Waals surface area contributed by atoms with Crippen LogP contribution in [-0.4, -0.2) is 25.9 Å². The number of benzene rings is 2. The van der Waals surface area contributed by atoms with Crippen LogP contribution in [-0.2, 0) is 30.2 Å². The molecule has 0 aliphatic rings. The maximum Gasteiger partial charge on any atom is 0.377 e.